The van der Waals surface area contributed by atoms with Crippen LogP contribution in [0.4, 0.5) is 0 Å². The zero-order chi connectivity index (χ0) is 13.1. The summed E-state index contributed by atoms with van der Waals surface area (Å²) in [6.07, 6.45) is 1.56. The van der Waals surface area contributed by atoms with Crippen molar-refractivity contribution in [1.29, 1.82) is 0 Å². The molecule has 0 fully saturated rings. The van der Waals surface area contributed by atoms with Gasteiger partial charge in [-0.05, 0) is 24.1 Å². The number of hydrogen-bond acceptors (Lipinski definition) is 4. The molecule has 1 heterocycles. The van der Waals surface area contributed by atoms with Gasteiger partial charge < -0.3 is 5.73 Å². The van der Waals surface area contributed by atoms with Crippen LogP contribution < -0.4 is 5.73 Å². The van der Waals surface area contributed by atoms with Gasteiger partial charge in [0, 0.05) is 6.42 Å². The second-order valence-electron chi connectivity index (χ2n) is 3.97. The van der Waals surface area contributed by atoms with Gasteiger partial charge in [0.15, 0.2) is 0 Å². The Morgan fingerprint density at radius 1 is 1.28 bits per heavy atom. The number of nitrogens with two attached hydrogens (primary N) is 1. The molecule has 0 aliphatic heterocycles. The summed E-state index contributed by atoms with van der Waals surface area (Å²) in [6, 6.07) is 5.56. The highest BCUT2D eigenvalue weighted by Gasteiger charge is 2.11. The van der Waals surface area contributed by atoms with Gasteiger partial charge >= 0.3 is 0 Å². The Hall–Kier alpha value is -0.680. The van der Waals surface area contributed by atoms with E-state index >= 15 is 0 Å². The molecule has 0 radical (unpaired) electrons. The molecule has 0 saturated carbocycles. The van der Waals surface area contributed by atoms with Gasteiger partial charge in [0.05, 0.1) is 16.1 Å². The van der Waals surface area contributed by atoms with Crippen molar-refractivity contribution in [2.75, 3.05) is 0 Å². The molecule has 6 heteroatoms. The minimum absolute atomic E-state index is 0.0231. The molecular formula is C12H13Cl2N3S. The van der Waals surface area contributed by atoms with Gasteiger partial charge in [0.1, 0.15) is 10.0 Å². The lowest BCUT2D eigenvalue weighted by Crippen LogP contribution is -2.07. The molecule has 3 nitrogen and oxygen atoms in total. The van der Waals surface area contributed by atoms with E-state index in [2.05, 4.69) is 10.2 Å². The summed E-state index contributed by atoms with van der Waals surface area (Å²) < 4.78 is 0. The van der Waals surface area contributed by atoms with Crippen molar-refractivity contribution >= 4 is 34.5 Å². The molecule has 2 rings (SSSR count). The summed E-state index contributed by atoms with van der Waals surface area (Å²) in [4.78, 5) is 0. The lowest BCUT2D eigenvalue weighted by atomic mass is 10.2. The summed E-state index contributed by atoms with van der Waals surface area (Å²) >= 11 is 13.4. The van der Waals surface area contributed by atoms with E-state index < -0.39 is 0 Å². The summed E-state index contributed by atoms with van der Waals surface area (Å²) in [7, 11) is 0. The first-order valence-electron chi connectivity index (χ1n) is 5.62. The molecule has 0 aliphatic carbocycles. The highest BCUT2D eigenvalue weighted by atomic mass is 35.5. The fourth-order valence-corrected chi connectivity index (χ4v) is 2.77. The molecule has 96 valence electrons. The molecule has 2 aromatic rings. The van der Waals surface area contributed by atoms with Crippen molar-refractivity contribution in [3.05, 3.63) is 43.8 Å². The molecule has 0 aliphatic rings. The van der Waals surface area contributed by atoms with Gasteiger partial charge in [0.2, 0.25) is 0 Å². The zero-order valence-corrected chi connectivity index (χ0v) is 12.2. The number of hydrogen-bond donors (Lipinski definition) is 1. The number of benzene rings is 1. The topological polar surface area (TPSA) is 51.8 Å². The predicted molar refractivity (Wildman–Crippen MR) is 76.4 cm³/mol. The number of rotatable bonds is 4. The SMILES string of the molecule is CCC(N)c1nnc(Cc2ccc(Cl)c(Cl)c2)s1. The van der Waals surface area contributed by atoms with E-state index in [4.69, 9.17) is 28.9 Å². The molecule has 1 aromatic carbocycles. The summed E-state index contributed by atoms with van der Waals surface area (Å²) in [6.45, 7) is 2.03. The second kappa shape index (κ2) is 5.97. The summed E-state index contributed by atoms with van der Waals surface area (Å²) in [5, 5.41) is 11.2. The average molecular weight is 302 g/mol. The van der Waals surface area contributed by atoms with Gasteiger partial charge in [-0.1, -0.05) is 47.5 Å². The van der Waals surface area contributed by atoms with E-state index in [1.165, 1.54) is 0 Å². The quantitative estimate of drug-likeness (QED) is 0.933. The number of nitrogens with zero attached hydrogens (tertiary/aromatic N) is 2. The van der Waals surface area contributed by atoms with Crippen LogP contribution in [0.5, 0.6) is 0 Å². The third-order valence-corrected chi connectivity index (χ3v) is 4.37. The third kappa shape index (κ3) is 3.20. The molecule has 0 amide bonds. The number of halogens is 2. The van der Waals surface area contributed by atoms with Crippen LogP contribution in [0.2, 0.25) is 10.0 Å². The maximum atomic E-state index is 5.97. The van der Waals surface area contributed by atoms with Crippen molar-refractivity contribution in [1.82, 2.24) is 10.2 Å². The van der Waals surface area contributed by atoms with E-state index in [0.717, 1.165) is 22.0 Å². The lowest BCUT2D eigenvalue weighted by Gasteiger charge is -2.01. The Labute approximate surface area is 120 Å². The smallest absolute Gasteiger partial charge is 0.134 e. The Morgan fingerprint density at radius 3 is 2.72 bits per heavy atom. The Balaban J connectivity index is 2.13. The molecule has 1 aromatic heterocycles. The monoisotopic (exact) mass is 301 g/mol. The van der Waals surface area contributed by atoms with Crippen LogP contribution in [0.3, 0.4) is 0 Å². The second-order valence-corrected chi connectivity index (χ2v) is 5.88. The van der Waals surface area contributed by atoms with Crippen molar-refractivity contribution in [3.63, 3.8) is 0 Å². The molecule has 0 spiro atoms. The van der Waals surface area contributed by atoms with Crippen LogP contribution in [-0.2, 0) is 6.42 Å². The zero-order valence-electron chi connectivity index (χ0n) is 9.86. The Bertz CT molecular complexity index is 542. The Morgan fingerprint density at radius 2 is 2.06 bits per heavy atom. The van der Waals surface area contributed by atoms with E-state index in [1.807, 2.05) is 19.1 Å². The Kier molecular flexibility index (Phi) is 4.56. The standard InChI is InChI=1S/C12H13Cl2N3S/c1-2-10(15)12-17-16-11(18-12)6-7-3-4-8(13)9(14)5-7/h3-5,10H,2,6,15H2,1H3. The third-order valence-electron chi connectivity index (χ3n) is 2.58. The first kappa shape index (κ1) is 13.7. The first-order chi connectivity index (χ1) is 8.60. The molecule has 0 bridgehead atoms. The van der Waals surface area contributed by atoms with E-state index in [-0.39, 0.29) is 6.04 Å². The fourth-order valence-electron chi connectivity index (χ4n) is 1.49. The van der Waals surface area contributed by atoms with Gasteiger partial charge in [-0.2, -0.15) is 0 Å². The molecule has 2 N–H and O–H groups in total. The molecule has 18 heavy (non-hydrogen) atoms. The minimum Gasteiger partial charge on any atom is -0.322 e. The summed E-state index contributed by atoms with van der Waals surface area (Å²) in [5.74, 6) is 0. The highest BCUT2D eigenvalue weighted by molar-refractivity contribution is 7.11. The average Bonchev–Trinajstić information content (AvgIpc) is 2.81. The lowest BCUT2D eigenvalue weighted by molar-refractivity contribution is 0.682. The predicted octanol–water partition coefficient (Wildman–Crippen LogP) is 3.85. The summed E-state index contributed by atoms with van der Waals surface area (Å²) in [5.41, 5.74) is 6.98. The van der Waals surface area contributed by atoms with Crippen LogP contribution in [0.25, 0.3) is 0 Å². The van der Waals surface area contributed by atoms with Gasteiger partial charge in [-0.15, -0.1) is 10.2 Å². The number of aromatic nitrogens is 2. The normalized spacial score (nSPS) is 12.7. The van der Waals surface area contributed by atoms with E-state index in [1.54, 1.807) is 17.4 Å². The van der Waals surface area contributed by atoms with Crippen LogP contribution in [-0.4, -0.2) is 10.2 Å². The van der Waals surface area contributed by atoms with Gasteiger partial charge in [-0.3, -0.25) is 0 Å². The maximum absolute atomic E-state index is 5.97. The molecule has 1 unspecified atom stereocenters. The molecular weight excluding hydrogens is 289 g/mol. The minimum atomic E-state index is -0.0231. The van der Waals surface area contributed by atoms with Crippen molar-refractivity contribution in [3.8, 4) is 0 Å². The largest absolute Gasteiger partial charge is 0.322 e. The van der Waals surface area contributed by atoms with Crippen molar-refractivity contribution < 1.29 is 0 Å². The van der Waals surface area contributed by atoms with E-state index in [9.17, 15) is 0 Å². The van der Waals surface area contributed by atoms with Crippen molar-refractivity contribution in [2.24, 2.45) is 5.73 Å². The molecule has 0 saturated heterocycles. The fraction of sp³-hybridized carbons (Fsp3) is 0.333. The van der Waals surface area contributed by atoms with Gasteiger partial charge in [0.25, 0.3) is 0 Å². The first-order valence-corrected chi connectivity index (χ1v) is 7.19. The maximum Gasteiger partial charge on any atom is 0.134 e. The van der Waals surface area contributed by atoms with E-state index in [0.29, 0.717) is 16.5 Å². The van der Waals surface area contributed by atoms with Crippen molar-refractivity contribution in [2.45, 2.75) is 25.8 Å². The van der Waals surface area contributed by atoms with Crippen LogP contribution >= 0.6 is 34.5 Å². The highest BCUT2D eigenvalue weighted by Crippen LogP contribution is 2.25. The van der Waals surface area contributed by atoms with Crippen LogP contribution in [0.1, 0.15) is 35.0 Å². The van der Waals surface area contributed by atoms with Crippen LogP contribution in [0, 0.1) is 0 Å². The van der Waals surface area contributed by atoms with Crippen LogP contribution in [0.15, 0.2) is 18.2 Å². The molecule has 1 atom stereocenters. The van der Waals surface area contributed by atoms with Gasteiger partial charge in [-0.25, -0.2) is 0 Å².